The minimum Gasteiger partial charge on any atom is -0.493 e. The average Bonchev–Trinajstić information content (AvgIpc) is 3.11. The Hall–Kier alpha value is -3.00. The second-order valence-corrected chi connectivity index (χ2v) is 6.11. The van der Waals surface area contributed by atoms with Gasteiger partial charge in [-0.3, -0.25) is 0 Å². The smallest absolute Gasteiger partial charge is 0.416 e. The van der Waals surface area contributed by atoms with Gasteiger partial charge >= 0.3 is 12.1 Å². The lowest BCUT2D eigenvalue weighted by molar-refractivity contribution is -0.137. The highest BCUT2D eigenvalue weighted by molar-refractivity contribution is 6.31. The van der Waals surface area contributed by atoms with Gasteiger partial charge in [0.1, 0.15) is 6.61 Å². The summed E-state index contributed by atoms with van der Waals surface area (Å²) in [5, 5.41) is 4.47. The number of rotatable bonds is 5. The molecule has 1 aromatic heterocycles. The van der Waals surface area contributed by atoms with Gasteiger partial charge < -0.3 is 9.47 Å². The molecule has 0 amide bonds. The summed E-state index contributed by atoms with van der Waals surface area (Å²) >= 11 is 6.02. The molecule has 0 N–H and O–H groups in total. The molecule has 1 heterocycles. The lowest BCUT2D eigenvalue weighted by Crippen LogP contribution is -2.09. The van der Waals surface area contributed by atoms with Crippen LogP contribution in [0.25, 0.3) is 5.69 Å². The van der Waals surface area contributed by atoms with Gasteiger partial charge in [0.2, 0.25) is 5.69 Å². The molecule has 0 radical (unpaired) electrons. The van der Waals surface area contributed by atoms with Gasteiger partial charge in [0.15, 0.2) is 5.75 Å². The first-order valence-corrected chi connectivity index (χ1v) is 8.39. The fourth-order valence-electron chi connectivity index (χ4n) is 2.43. The molecule has 9 heteroatoms. The monoisotopic (exact) mass is 410 g/mol. The first-order chi connectivity index (χ1) is 13.3. The quantitative estimate of drug-likeness (QED) is 0.561. The van der Waals surface area contributed by atoms with E-state index in [9.17, 15) is 18.0 Å². The molecular formula is C19H14ClF3N2O3. The Morgan fingerprint density at radius 3 is 2.61 bits per heavy atom. The second kappa shape index (κ2) is 7.93. The van der Waals surface area contributed by atoms with Gasteiger partial charge in [-0.05, 0) is 24.3 Å². The van der Waals surface area contributed by atoms with Gasteiger partial charge in [0.25, 0.3) is 0 Å². The number of ether oxygens (including phenoxy) is 2. The summed E-state index contributed by atoms with van der Waals surface area (Å²) in [6.07, 6.45) is -3.19. The third-order valence-corrected chi connectivity index (χ3v) is 4.22. The van der Waals surface area contributed by atoms with Crippen LogP contribution in [0.3, 0.4) is 0 Å². The first kappa shape index (κ1) is 19.8. The largest absolute Gasteiger partial charge is 0.493 e. The molecule has 28 heavy (non-hydrogen) atoms. The number of carbonyl (C=O) groups is 1. The molecule has 0 atom stereocenters. The van der Waals surface area contributed by atoms with Crippen molar-refractivity contribution in [3.63, 3.8) is 0 Å². The summed E-state index contributed by atoms with van der Waals surface area (Å²) < 4.78 is 50.2. The Bertz CT molecular complexity index is 1000. The van der Waals surface area contributed by atoms with Crippen molar-refractivity contribution in [3.8, 4) is 11.4 Å². The first-order valence-electron chi connectivity index (χ1n) is 8.01. The Morgan fingerprint density at radius 1 is 1.18 bits per heavy atom. The van der Waals surface area contributed by atoms with Crippen molar-refractivity contribution in [1.82, 2.24) is 9.78 Å². The Labute approximate surface area is 163 Å². The highest BCUT2D eigenvalue weighted by atomic mass is 35.5. The standard InChI is InChI=1S/C19H14ClF3N2O3/c1-27-16-10-25(14-7-4-6-13(9-14)19(21,22)23)24-17(16)18(26)28-11-12-5-2-3-8-15(12)20/h2-10H,11H2,1H3. The molecule has 0 unspecified atom stereocenters. The molecule has 0 saturated carbocycles. The van der Waals surface area contributed by atoms with Crippen LogP contribution in [-0.4, -0.2) is 22.9 Å². The molecular weight excluding hydrogens is 397 g/mol. The number of hydrogen-bond donors (Lipinski definition) is 0. The molecule has 0 fully saturated rings. The van der Waals surface area contributed by atoms with Crippen LogP contribution in [0.4, 0.5) is 13.2 Å². The van der Waals surface area contributed by atoms with Crippen LogP contribution in [0.2, 0.25) is 5.02 Å². The van der Waals surface area contributed by atoms with E-state index in [0.717, 1.165) is 16.8 Å². The summed E-state index contributed by atoms with van der Waals surface area (Å²) in [6, 6.07) is 11.4. The zero-order valence-electron chi connectivity index (χ0n) is 14.5. The number of esters is 1. The van der Waals surface area contributed by atoms with Crippen LogP contribution in [-0.2, 0) is 17.5 Å². The number of aromatic nitrogens is 2. The zero-order valence-corrected chi connectivity index (χ0v) is 15.3. The van der Waals surface area contributed by atoms with E-state index in [4.69, 9.17) is 21.1 Å². The van der Waals surface area contributed by atoms with Gasteiger partial charge in [0.05, 0.1) is 24.6 Å². The lowest BCUT2D eigenvalue weighted by Gasteiger charge is -2.08. The number of carbonyl (C=O) groups excluding carboxylic acids is 1. The molecule has 146 valence electrons. The molecule has 0 saturated heterocycles. The van der Waals surface area contributed by atoms with Gasteiger partial charge in [-0.2, -0.15) is 18.3 Å². The Balaban J connectivity index is 1.84. The maximum absolute atomic E-state index is 12.9. The maximum atomic E-state index is 12.9. The van der Waals surface area contributed by atoms with Crippen molar-refractivity contribution in [2.45, 2.75) is 12.8 Å². The number of alkyl halides is 3. The van der Waals surface area contributed by atoms with Crippen LogP contribution in [0, 0.1) is 0 Å². The van der Waals surface area contributed by atoms with E-state index in [-0.39, 0.29) is 23.7 Å². The second-order valence-electron chi connectivity index (χ2n) is 5.71. The number of benzene rings is 2. The molecule has 0 aliphatic carbocycles. The van der Waals surface area contributed by atoms with Gasteiger partial charge in [-0.25, -0.2) is 9.48 Å². The molecule has 0 spiro atoms. The summed E-state index contributed by atoms with van der Waals surface area (Å²) in [5.74, 6) is -0.718. The molecule has 0 bridgehead atoms. The van der Waals surface area contributed by atoms with E-state index in [2.05, 4.69) is 5.10 Å². The summed E-state index contributed by atoms with van der Waals surface area (Å²) in [6.45, 7) is -0.0852. The normalized spacial score (nSPS) is 11.3. The highest BCUT2D eigenvalue weighted by Crippen LogP contribution is 2.31. The minimum atomic E-state index is -4.50. The van der Waals surface area contributed by atoms with Crippen molar-refractivity contribution in [3.05, 3.63) is 76.6 Å². The molecule has 2 aromatic carbocycles. The molecule has 0 aliphatic rings. The van der Waals surface area contributed by atoms with E-state index < -0.39 is 17.7 Å². The number of halogens is 4. The van der Waals surface area contributed by atoms with Crippen molar-refractivity contribution in [1.29, 1.82) is 0 Å². The van der Waals surface area contributed by atoms with Crippen LogP contribution in [0.5, 0.6) is 5.75 Å². The van der Waals surface area contributed by atoms with Gasteiger partial charge in [-0.15, -0.1) is 0 Å². The summed E-state index contributed by atoms with van der Waals surface area (Å²) in [5.41, 5.74) is -0.263. The van der Waals surface area contributed by atoms with E-state index >= 15 is 0 Å². The maximum Gasteiger partial charge on any atom is 0.416 e. The molecule has 3 rings (SSSR count). The predicted octanol–water partition coefficient (Wildman–Crippen LogP) is 4.91. The van der Waals surface area contributed by atoms with Crippen LogP contribution in [0.1, 0.15) is 21.6 Å². The van der Waals surface area contributed by atoms with Gasteiger partial charge in [-0.1, -0.05) is 35.9 Å². The van der Waals surface area contributed by atoms with E-state index in [1.165, 1.54) is 25.4 Å². The average molecular weight is 411 g/mol. The van der Waals surface area contributed by atoms with Crippen molar-refractivity contribution < 1.29 is 27.4 Å². The topological polar surface area (TPSA) is 53.4 Å². The van der Waals surface area contributed by atoms with Crippen molar-refractivity contribution in [2.24, 2.45) is 0 Å². The summed E-state index contributed by atoms with van der Waals surface area (Å²) in [7, 11) is 1.32. The zero-order chi connectivity index (χ0) is 20.3. The van der Waals surface area contributed by atoms with Crippen molar-refractivity contribution in [2.75, 3.05) is 7.11 Å². The Morgan fingerprint density at radius 2 is 1.93 bits per heavy atom. The fourth-order valence-corrected chi connectivity index (χ4v) is 2.62. The Kier molecular flexibility index (Phi) is 5.60. The highest BCUT2D eigenvalue weighted by Gasteiger charge is 2.31. The van der Waals surface area contributed by atoms with Crippen LogP contribution in [0.15, 0.2) is 54.7 Å². The summed E-state index contributed by atoms with van der Waals surface area (Å²) in [4.78, 5) is 12.4. The van der Waals surface area contributed by atoms with Crippen LogP contribution >= 0.6 is 11.6 Å². The molecule has 0 aliphatic heterocycles. The minimum absolute atomic E-state index is 0.0709. The van der Waals surface area contributed by atoms with Crippen LogP contribution < -0.4 is 4.74 Å². The molecule has 3 aromatic rings. The third-order valence-electron chi connectivity index (χ3n) is 3.85. The van der Waals surface area contributed by atoms with E-state index in [1.54, 1.807) is 24.3 Å². The number of nitrogens with zero attached hydrogens (tertiary/aromatic N) is 2. The van der Waals surface area contributed by atoms with Crippen molar-refractivity contribution >= 4 is 17.6 Å². The fraction of sp³-hybridized carbons (Fsp3) is 0.158. The van der Waals surface area contributed by atoms with E-state index in [0.29, 0.717) is 10.6 Å². The predicted molar refractivity (Wildman–Crippen MR) is 95.7 cm³/mol. The SMILES string of the molecule is COc1cn(-c2cccc(C(F)(F)F)c2)nc1C(=O)OCc1ccccc1Cl. The third kappa shape index (κ3) is 4.28. The number of hydrogen-bond acceptors (Lipinski definition) is 4. The molecule has 5 nitrogen and oxygen atoms in total. The number of methoxy groups -OCH3 is 1. The lowest BCUT2D eigenvalue weighted by atomic mass is 10.2. The van der Waals surface area contributed by atoms with E-state index in [1.807, 2.05) is 0 Å². The van der Waals surface area contributed by atoms with Gasteiger partial charge in [0, 0.05) is 10.6 Å².